The van der Waals surface area contributed by atoms with Gasteiger partial charge in [-0.15, -0.1) is 10.2 Å². The van der Waals surface area contributed by atoms with Gasteiger partial charge < -0.3 is 9.88 Å². The number of carbonyl (C=O) groups excluding carboxylic acids is 1. The van der Waals surface area contributed by atoms with Crippen LogP contribution >= 0.6 is 23.4 Å². The van der Waals surface area contributed by atoms with E-state index in [0.29, 0.717) is 11.6 Å². The Morgan fingerprint density at radius 1 is 1.13 bits per heavy atom. The lowest BCUT2D eigenvalue weighted by Crippen LogP contribution is -2.15. The molecule has 1 amide bonds. The third-order valence-corrected chi connectivity index (χ3v) is 5.64. The SMILES string of the molecule is Cn1c(CCc2ccccc2)nnc1SCC(=O)Nc1ccc(Cl)c(C(F)(F)F)c1. The van der Waals surface area contributed by atoms with Gasteiger partial charge in [-0.3, -0.25) is 4.79 Å². The molecule has 0 fully saturated rings. The Morgan fingerprint density at radius 2 is 1.87 bits per heavy atom. The monoisotopic (exact) mass is 454 g/mol. The number of thioether (sulfide) groups is 1. The number of nitrogens with one attached hydrogen (secondary N) is 1. The zero-order valence-electron chi connectivity index (χ0n) is 15.9. The zero-order valence-corrected chi connectivity index (χ0v) is 17.5. The van der Waals surface area contributed by atoms with E-state index in [1.807, 2.05) is 41.9 Å². The summed E-state index contributed by atoms with van der Waals surface area (Å²) in [7, 11) is 1.81. The van der Waals surface area contributed by atoms with Crippen molar-refractivity contribution in [2.24, 2.45) is 7.05 Å². The Balaban J connectivity index is 1.56. The van der Waals surface area contributed by atoms with Crippen molar-refractivity contribution in [2.75, 3.05) is 11.1 Å². The van der Waals surface area contributed by atoms with Gasteiger partial charge in [0, 0.05) is 19.2 Å². The molecule has 0 radical (unpaired) electrons. The normalized spacial score (nSPS) is 11.5. The van der Waals surface area contributed by atoms with Crippen LogP contribution in [0.25, 0.3) is 0 Å². The highest BCUT2D eigenvalue weighted by atomic mass is 35.5. The van der Waals surface area contributed by atoms with E-state index in [1.165, 1.54) is 11.6 Å². The van der Waals surface area contributed by atoms with Crippen LogP contribution in [-0.2, 0) is 30.9 Å². The number of aromatic nitrogens is 3. The second-order valence-corrected chi connectivity index (χ2v) is 7.82. The molecule has 1 aromatic heterocycles. The highest BCUT2D eigenvalue weighted by Crippen LogP contribution is 2.36. The first-order valence-electron chi connectivity index (χ1n) is 8.95. The van der Waals surface area contributed by atoms with Crippen LogP contribution in [0.2, 0.25) is 5.02 Å². The minimum absolute atomic E-state index is 0.0192. The fraction of sp³-hybridized carbons (Fsp3) is 0.250. The number of aryl methyl sites for hydroxylation is 2. The minimum atomic E-state index is -4.60. The van der Waals surface area contributed by atoms with E-state index >= 15 is 0 Å². The van der Waals surface area contributed by atoms with Gasteiger partial charge in [-0.1, -0.05) is 53.7 Å². The Labute approximate surface area is 180 Å². The van der Waals surface area contributed by atoms with Crippen LogP contribution in [-0.4, -0.2) is 26.4 Å². The first kappa shape index (κ1) is 22.2. The molecule has 0 saturated heterocycles. The van der Waals surface area contributed by atoms with Crippen LogP contribution in [0.15, 0.2) is 53.7 Å². The van der Waals surface area contributed by atoms with Crippen LogP contribution in [0.3, 0.4) is 0 Å². The number of rotatable bonds is 7. The van der Waals surface area contributed by atoms with Gasteiger partial charge >= 0.3 is 6.18 Å². The predicted octanol–water partition coefficient (Wildman–Crippen LogP) is 5.00. The molecule has 10 heteroatoms. The largest absolute Gasteiger partial charge is 0.417 e. The van der Waals surface area contributed by atoms with Gasteiger partial charge in [0.2, 0.25) is 5.91 Å². The minimum Gasteiger partial charge on any atom is -0.325 e. The van der Waals surface area contributed by atoms with Gasteiger partial charge in [-0.25, -0.2) is 0 Å². The maximum Gasteiger partial charge on any atom is 0.417 e. The molecule has 1 heterocycles. The molecule has 2 aromatic carbocycles. The summed E-state index contributed by atoms with van der Waals surface area (Å²) < 4.78 is 40.6. The molecule has 1 N–H and O–H groups in total. The molecule has 158 valence electrons. The number of nitrogens with zero attached hydrogens (tertiary/aromatic N) is 3. The molecule has 30 heavy (non-hydrogen) atoms. The predicted molar refractivity (Wildman–Crippen MR) is 111 cm³/mol. The molecule has 0 spiro atoms. The van der Waals surface area contributed by atoms with E-state index in [4.69, 9.17) is 11.6 Å². The van der Waals surface area contributed by atoms with E-state index in [2.05, 4.69) is 15.5 Å². The summed E-state index contributed by atoms with van der Waals surface area (Å²) in [5, 5.41) is 10.8. The maximum atomic E-state index is 12.9. The number of anilines is 1. The molecule has 0 saturated carbocycles. The molecule has 0 aliphatic carbocycles. The smallest absolute Gasteiger partial charge is 0.325 e. The number of benzene rings is 2. The van der Waals surface area contributed by atoms with Crippen LogP contribution < -0.4 is 5.32 Å². The number of carbonyl (C=O) groups is 1. The van der Waals surface area contributed by atoms with Crippen molar-refractivity contribution in [1.29, 1.82) is 0 Å². The summed E-state index contributed by atoms with van der Waals surface area (Å²) in [6, 6.07) is 13.2. The Bertz CT molecular complexity index is 1020. The second-order valence-electron chi connectivity index (χ2n) is 6.47. The van der Waals surface area contributed by atoms with E-state index in [0.717, 1.165) is 36.1 Å². The summed E-state index contributed by atoms with van der Waals surface area (Å²) in [6.07, 6.45) is -3.08. The summed E-state index contributed by atoms with van der Waals surface area (Å²) in [5.41, 5.74) is 0.222. The zero-order chi connectivity index (χ0) is 21.7. The standard InChI is InChI=1S/C20H18ClF3N4OS/c1-28-17(10-7-13-5-3-2-4-6-13)26-27-19(28)30-12-18(29)25-14-8-9-16(21)15(11-14)20(22,23)24/h2-6,8-9,11H,7,10,12H2,1H3,(H,25,29). The van der Waals surface area contributed by atoms with E-state index < -0.39 is 22.7 Å². The second kappa shape index (κ2) is 9.53. The Morgan fingerprint density at radius 3 is 2.57 bits per heavy atom. The molecule has 0 aliphatic heterocycles. The number of hydrogen-bond donors (Lipinski definition) is 1. The van der Waals surface area contributed by atoms with Gasteiger partial charge in [-0.05, 0) is 30.2 Å². The van der Waals surface area contributed by atoms with Crippen molar-refractivity contribution in [2.45, 2.75) is 24.2 Å². The first-order valence-corrected chi connectivity index (χ1v) is 10.3. The first-order chi connectivity index (χ1) is 14.2. The topological polar surface area (TPSA) is 59.8 Å². The van der Waals surface area contributed by atoms with Crippen LogP contribution in [0.5, 0.6) is 0 Å². The lowest BCUT2D eigenvalue weighted by atomic mass is 10.1. The van der Waals surface area contributed by atoms with Crippen molar-refractivity contribution < 1.29 is 18.0 Å². The van der Waals surface area contributed by atoms with Gasteiger partial charge in [-0.2, -0.15) is 13.2 Å². The average Bonchev–Trinajstić information content (AvgIpc) is 3.06. The highest BCUT2D eigenvalue weighted by Gasteiger charge is 2.33. The molecule has 3 rings (SSSR count). The van der Waals surface area contributed by atoms with E-state index in [1.54, 1.807) is 0 Å². The lowest BCUT2D eigenvalue weighted by molar-refractivity contribution is -0.137. The summed E-state index contributed by atoms with van der Waals surface area (Å²) >= 11 is 6.75. The van der Waals surface area contributed by atoms with Crippen LogP contribution in [0, 0.1) is 0 Å². The molecule has 0 aliphatic rings. The van der Waals surface area contributed by atoms with Crippen molar-refractivity contribution in [3.8, 4) is 0 Å². The van der Waals surface area contributed by atoms with Gasteiger partial charge in [0.15, 0.2) is 5.16 Å². The lowest BCUT2D eigenvalue weighted by Gasteiger charge is -2.11. The summed E-state index contributed by atoms with van der Waals surface area (Å²) in [5.74, 6) is 0.313. The third-order valence-electron chi connectivity index (χ3n) is 4.29. The van der Waals surface area contributed by atoms with E-state index in [-0.39, 0.29) is 11.4 Å². The van der Waals surface area contributed by atoms with Gasteiger partial charge in [0.05, 0.1) is 16.3 Å². The van der Waals surface area contributed by atoms with Crippen LogP contribution in [0.4, 0.5) is 18.9 Å². The summed E-state index contributed by atoms with van der Waals surface area (Å²) in [4.78, 5) is 12.2. The third kappa shape index (κ3) is 5.76. The quantitative estimate of drug-likeness (QED) is 0.510. The van der Waals surface area contributed by atoms with Crippen LogP contribution in [0.1, 0.15) is 17.0 Å². The number of amides is 1. The van der Waals surface area contributed by atoms with E-state index in [9.17, 15) is 18.0 Å². The molecular weight excluding hydrogens is 437 g/mol. The average molecular weight is 455 g/mol. The molecule has 0 bridgehead atoms. The highest BCUT2D eigenvalue weighted by molar-refractivity contribution is 7.99. The molecule has 0 unspecified atom stereocenters. The molecule has 5 nitrogen and oxygen atoms in total. The summed E-state index contributed by atoms with van der Waals surface area (Å²) in [6.45, 7) is 0. The fourth-order valence-corrected chi connectivity index (χ4v) is 3.69. The van der Waals surface area contributed by atoms with Gasteiger partial charge in [0.1, 0.15) is 5.82 Å². The van der Waals surface area contributed by atoms with Crippen molar-refractivity contribution in [3.63, 3.8) is 0 Å². The Kier molecular flexibility index (Phi) is 7.04. The Hall–Kier alpha value is -2.52. The van der Waals surface area contributed by atoms with Crippen molar-refractivity contribution >= 4 is 35.0 Å². The van der Waals surface area contributed by atoms with Crippen molar-refractivity contribution in [3.05, 3.63) is 70.5 Å². The maximum absolute atomic E-state index is 12.9. The molecule has 0 atom stereocenters. The fourth-order valence-electron chi connectivity index (χ4n) is 2.74. The van der Waals surface area contributed by atoms with Crippen molar-refractivity contribution in [1.82, 2.24) is 14.8 Å². The number of halogens is 4. The molecule has 3 aromatic rings. The van der Waals surface area contributed by atoms with Gasteiger partial charge in [0.25, 0.3) is 0 Å². The number of hydrogen-bond acceptors (Lipinski definition) is 4. The number of alkyl halides is 3. The molecular formula is C20H18ClF3N4OS.